The van der Waals surface area contributed by atoms with Gasteiger partial charge in [0.2, 0.25) is 0 Å². The molecule has 27 heavy (non-hydrogen) atoms. The Labute approximate surface area is 165 Å². The van der Waals surface area contributed by atoms with Gasteiger partial charge in [-0.1, -0.05) is 6.07 Å². The lowest BCUT2D eigenvalue weighted by Crippen LogP contribution is -2.17. The second-order valence-corrected chi connectivity index (χ2v) is 7.88. The summed E-state index contributed by atoms with van der Waals surface area (Å²) in [5, 5.41) is 3.80. The van der Waals surface area contributed by atoms with Crippen LogP contribution in [0.15, 0.2) is 34.0 Å². The highest BCUT2D eigenvalue weighted by molar-refractivity contribution is 7.98. The Balaban J connectivity index is 1.95. The van der Waals surface area contributed by atoms with Crippen LogP contribution >= 0.6 is 23.1 Å². The third kappa shape index (κ3) is 4.01. The summed E-state index contributed by atoms with van der Waals surface area (Å²) in [4.78, 5) is 34.2. The number of benzene rings is 1. The smallest absolute Gasteiger partial charge is 0.348 e. The van der Waals surface area contributed by atoms with E-state index in [2.05, 4.69) is 15.3 Å². The first-order valence-corrected chi connectivity index (χ1v) is 10.6. The lowest BCUT2D eigenvalue weighted by Gasteiger charge is -2.15. The number of thiophene rings is 1. The van der Waals surface area contributed by atoms with Crippen LogP contribution in [0.4, 0.5) is 5.69 Å². The minimum absolute atomic E-state index is 0.201. The molecular formula is C19H21N3O3S2. The van der Waals surface area contributed by atoms with Crippen molar-refractivity contribution in [3.8, 4) is 0 Å². The molecule has 1 aromatic carbocycles. The highest BCUT2D eigenvalue weighted by Crippen LogP contribution is 2.29. The molecule has 0 saturated carbocycles. The highest BCUT2D eigenvalue weighted by Gasteiger charge is 2.21. The van der Waals surface area contributed by atoms with E-state index in [-0.39, 0.29) is 18.2 Å². The molecule has 0 saturated heterocycles. The number of rotatable bonds is 6. The monoisotopic (exact) mass is 403 g/mol. The maximum Gasteiger partial charge on any atom is 0.348 e. The second kappa shape index (κ2) is 8.14. The Morgan fingerprint density at radius 2 is 2.22 bits per heavy atom. The number of esters is 1. The van der Waals surface area contributed by atoms with E-state index in [1.165, 1.54) is 11.3 Å². The van der Waals surface area contributed by atoms with Crippen molar-refractivity contribution in [1.82, 2.24) is 9.97 Å². The lowest BCUT2D eigenvalue weighted by molar-refractivity contribution is 0.0531. The third-order valence-corrected chi connectivity index (χ3v) is 6.03. The van der Waals surface area contributed by atoms with Gasteiger partial charge in [0.15, 0.2) is 0 Å². The summed E-state index contributed by atoms with van der Waals surface area (Å²) in [5.41, 5.74) is 1.32. The minimum atomic E-state index is -0.418. The Morgan fingerprint density at radius 3 is 2.93 bits per heavy atom. The van der Waals surface area contributed by atoms with Crippen LogP contribution in [0.1, 0.15) is 40.9 Å². The van der Waals surface area contributed by atoms with Crippen molar-refractivity contribution in [2.75, 3.05) is 18.2 Å². The van der Waals surface area contributed by atoms with Crippen LogP contribution in [0.25, 0.3) is 10.2 Å². The number of aromatic nitrogens is 2. The Bertz CT molecular complexity index is 1040. The zero-order chi connectivity index (χ0) is 19.6. The van der Waals surface area contributed by atoms with Crippen LogP contribution < -0.4 is 10.9 Å². The average molecular weight is 404 g/mol. The number of fused-ring (bicyclic) bond motifs is 1. The van der Waals surface area contributed by atoms with E-state index in [0.29, 0.717) is 26.5 Å². The maximum atomic E-state index is 12.6. The van der Waals surface area contributed by atoms with E-state index in [1.54, 1.807) is 25.6 Å². The number of thioether (sulfide) groups is 1. The summed E-state index contributed by atoms with van der Waals surface area (Å²) < 4.78 is 5.07. The molecule has 0 radical (unpaired) electrons. The third-order valence-electron chi connectivity index (χ3n) is 4.14. The quantitative estimate of drug-likeness (QED) is 0.470. The molecule has 1 atom stereocenters. The molecule has 0 unspecified atom stereocenters. The number of hydrogen-bond donors (Lipinski definition) is 2. The number of nitrogens with zero attached hydrogens (tertiary/aromatic N) is 1. The standard InChI is InChI=1S/C19H21N3O3S2/c1-5-25-19(24)15-10(2)14-17(23)21-16(22-18(14)27-15)11(3)20-12-7-6-8-13(9-12)26-4/h6-9,11,20H,5H2,1-4H3,(H,21,22,23)/t11-/m1/s1. The highest BCUT2D eigenvalue weighted by atomic mass is 32.2. The fourth-order valence-corrected chi connectivity index (χ4v) is 4.33. The Kier molecular flexibility index (Phi) is 5.86. The van der Waals surface area contributed by atoms with E-state index in [1.807, 2.05) is 37.4 Å². The number of aromatic amines is 1. The van der Waals surface area contributed by atoms with Crippen LogP contribution in [-0.2, 0) is 4.74 Å². The predicted octanol–water partition coefficient (Wildman–Crippen LogP) is 4.36. The van der Waals surface area contributed by atoms with Crippen LogP contribution in [0.5, 0.6) is 0 Å². The first kappa shape index (κ1) is 19.4. The van der Waals surface area contributed by atoms with Crippen molar-refractivity contribution < 1.29 is 9.53 Å². The van der Waals surface area contributed by atoms with Crippen molar-refractivity contribution >= 4 is 45.0 Å². The van der Waals surface area contributed by atoms with Crippen LogP contribution in [-0.4, -0.2) is 28.8 Å². The number of carbonyl (C=O) groups is 1. The predicted molar refractivity (Wildman–Crippen MR) is 111 cm³/mol. The summed E-state index contributed by atoms with van der Waals surface area (Å²) in [5.74, 6) is 0.109. The number of ether oxygens (including phenoxy) is 1. The van der Waals surface area contributed by atoms with E-state index >= 15 is 0 Å². The second-order valence-electron chi connectivity index (χ2n) is 6.01. The first-order valence-electron chi connectivity index (χ1n) is 8.55. The molecule has 3 aromatic rings. The van der Waals surface area contributed by atoms with Gasteiger partial charge in [-0.25, -0.2) is 9.78 Å². The molecule has 0 aliphatic heterocycles. The van der Waals surface area contributed by atoms with Crippen LogP contribution in [0.3, 0.4) is 0 Å². The first-order chi connectivity index (χ1) is 12.9. The van der Waals surface area contributed by atoms with Gasteiger partial charge in [0.05, 0.1) is 18.0 Å². The van der Waals surface area contributed by atoms with E-state index in [9.17, 15) is 9.59 Å². The molecule has 0 bridgehead atoms. The normalized spacial score (nSPS) is 12.1. The van der Waals surface area contributed by atoms with Gasteiger partial charge in [-0.3, -0.25) is 4.79 Å². The zero-order valence-electron chi connectivity index (χ0n) is 15.6. The van der Waals surface area contributed by atoms with E-state index < -0.39 is 5.97 Å². The van der Waals surface area contributed by atoms with Gasteiger partial charge < -0.3 is 15.0 Å². The fourth-order valence-electron chi connectivity index (χ4n) is 2.79. The van der Waals surface area contributed by atoms with Crippen molar-refractivity contribution in [1.29, 1.82) is 0 Å². The summed E-state index contributed by atoms with van der Waals surface area (Å²) in [6.07, 6.45) is 2.02. The molecule has 2 heterocycles. The average Bonchev–Trinajstić information content (AvgIpc) is 2.99. The molecule has 3 rings (SSSR count). The Hall–Kier alpha value is -2.32. The summed E-state index contributed by atoms with van der Waals surface area (Å²) in [7, 11) is 0. The lowest BCUT2D eigenvalue weighted by atomic mass is 10.2. The van der Waals surface area contributed by atoms with Crippen molar-refractivity contribution in [3.63, 3.8) is 0 Å². The molecule has 0 aliphatic carbocycles. The molecular weight excluding hydrogens is 382 g/mol. The van der Waals surface area contributed by atoms with Gasteiger partial charge in [-0.05, 0) is 50.8 Å². The summed E-state index contributed by atoms with van der Waals surface area (Å²) in [6, 6.07) is 7.84. The number of H-pyrrole nitrogens is 1. The topological polar surface area (TPSA) is 84.1 Å². The van der Waals surface area contributed by atoms with E-state index in [4.69, 9.17) is 4.74 Å². The van der Waals surface area contributed by atoms with Crippen LogP contribution in [0.2, 0.25) is 0 Å². The molecule has 0 spiro atoms. The molecule has 0 fully saturated rings. The molecule has 0 amide bonds. The summed E-state index contributed by atoms with van der Waals surface area (Å²) >= 11 is 2.86. The SMILES string of the molecule is CCOC(=O)c1sc2nc([C@@H](C)Nc3cccc(SC)c3)[nH]c(=O)c2c1C. The van der Waals surface area contributed by atoms with Gasteiger partial charge in [0.25, 0.3) is 5.56 Å². The zero-order valence-corrected chi connectivity index (χ0v) is 17.2. The number of nitrogens with one attached hydrogen (secondary N) is 2. The van der Waals surface area contributed by atoms with Gasteiger partial charge in [0, 0.05) is 10.6 Å². The molecule has 2 N–H and O–H groups in total. The molecule has 142 valence electrons. The van der Waals surface area contributed by atoms with Gasteiger partial charge >= 0.3 is 5.97 Å². The van der Waals surface area contributed by atoms with Gasteiger partial charge in [-0.15, -0.1) is 23.1 Å². The van der Waals surface area contributed by atoms with E-state index in [0.717, 1.165) is 10.6 Å². The number of hydrogen-bond acceptors (Lipinski definition) is 7. The fraction of sp³-hybridized carbons (Fsp3) is 0.316. The Morgan fingerprint density at radius 1 is 1.44 bits per heavy atom. The largest absolute Gasteiger partial charge is 0.462 e. The number of aryl methyl sites for hydroxylation is 1. The van der Waals surface area contributed by atoms with Gasteiger partial charge in [0.1, 0.15) is 15.5 Å². The molecule has 0 aliphatic rings. The van der Waals surface area contributed by atoms with Crippen molar-refractivity contribution in [2.24, 2.45) is 0 Å². The maximum absolute atomic E-state index is 12.6. The van der Waals surface area contributed by atoms with Crippen LogP contribution in [0, 0.1) is 6.92 Å². The minimum Gasteiger partial charge on any atom is -0.462 e. The molecule has 8 heteroatoms. The van der Waals surface area contributed by atoms with Gasteiger partial charge in [-0.2, -0.15) is 0 Å². The van der Waals surface area contributed by atoms with Crippen molar-refractivity contribution in [2.45, 2.75) is 31.7 Å². The number of carbonyl (C=O) groups excluding carboxylic acids is 1. The number of anilines is 1. The molecule has 6 nitrogen and oxygen atoms in total. The molecule has 2 aromatic heterocycles. The summed E-state index contributed by atoms with van der Waals surface area (Å²) in [6.45, 7) is 5.72. The van der Waals surface area contributed by atoms with Crippen molar-refractivity contribution in [3.05, 3.63) is 50.9 Å².